The van der Waals surface area contributed by atoms with Crippen LogP contribution in [0.5, 0.6) is 0 Å². The molecule has 2 aromatic carbocycles. The zero-order valence-corrected chi connectivity index (χ0v) is 14.0. The molecule has 1 aromatic heterocycles. The van der Waals surface area contributed by atoms with E-state index >= 15 is 0 Å². The topological polar surface area (TPSA) is 12.9 Å². The van der Waals surface area contributed by atoms with E-state index in [0.29, 0.717) is 6.42 Å². The van der Waals surface area contributed by atoms with Crippen LogP contribution in [0.15, 0.2) is 42.6 Å². The summed E-state index contributed by atoms with van der Waals surface area (Å²) in [7, 11) is 0. The Bertz CT molecular complexity index is 852. The van der Waals surface area contributed by atoms with E-state index in [1.165, 1.54) is 11.1 Å². The Morgan fingerprint density at radius 3 is 2.30 bits per heavy atom. The van der Waals surface area contributed by atoms with Crippen molar-refractivity contribution < 1.29 is 4.39 Å². The van der Waals surface area contributed by atoms with E-state index < -0.39 is 0 Å². The first-order valence-electron chi connectivity index (χ1n) is 8.26. The quantitative estimate of drug-likeness (QED) is 0.629. The minimum absolute atomic E-state index is 0.129. The lowest BCUT2D eigenvalue weighted by Gasteiger charge is -2.12. The van der Waals surface area contributed by atoms with Crippen molar-refractivity contribution in [2.24, 2.45) is 0 Å². The van der Waals surface area contributed by atoms with Crippen molar-refractivity contribution in [2.45, 2.75) is 40.0 Å². The summed E-state index contributed by atoms with van der Waals surface area (Å²) in [6.07, 6.45) is 4.44. The van der Waals surface area contributed by atoms with Crippen LogP contribution >= 0.6 is 0 Å². The zero-order chi connectivity index (χ0) is 16.4. The monoisotopic (exact) mass is 307 g/mol. The summed E-state index contributed by atoms with van der Waals surface area (Å²) >= 11 is 0. The Balaban J connectivity index is 2.10. The molecule has 2 heteroatoms. The van der Waals surface area contributed by atoms with E-state index in [4.69, 9.17) is 0 Å². The summed E-state index contributed by atoms with van der Waals surface area (Å²) in [5.74, 6) is -0.129. The van der Waals surface area contributed by atoms with Gasteiger partial charge in [0, 0.05) is 18.0 Å². The zero-order valence-electron chi connectivity index (χ0n) is 14.0. The third kappa shape index (κ3) is 3.12. The predicted octanol–water partition coefficient (Wildman–Crippen LogP) is 5.40. The van der Waals surface area contributed by atoms with Gasteiger partial charge in [-0.2, -0.15) is 0 Å². The number of halogens is 1. The van der Waals surface area contributed by atoms with Crippen LogP contribution in [0.25, 0.3) is 10.9 Å². The van der Waals surface area contributed by atoms with Crippen molar-refractivity contribution in [1.82, 2.24) is 4.98 Å². The van der Waals surface area contributed by atoms with Gasteiger partial charge in [0.2, 0.25) is 0 Å². The fourth-order valence-electron chi connectivity index (χ4n) is 3.15. The van der Waals surface area contributed by atoms with Crippen LogP contribution in [0.2, 0.25) is 0 Å². The molecule has 0 spiro atoms. The van der Waals surface area contributed by atoms with Crippen molar-refractivity contribution in [2.75, 3.05) is 0 Å². The third-order valence-electron chi connectivity index (χ3n) is 4.50. The van der Waals surface area contributed by atoms with Crippen molar-refractivity contribution in [3.63, 3.8) is 0 Å². The number of rotatable bonds is 4. The van der Waals surface area contributed by atoms with E-state index in [9.17, 15) is 4.39 Å². The van der Waals surface area contributed by atoms with Gasteiger partial charge in [-0.05, 0) is 71.8 Å². The molecular weight excluding hydrogens is 285 g/mol. The molecule has 0 fully saturated rings. The lowest BCUT2D eigenvalue weighted by molar-refractivity contribution is 0.613. The average Bonchev–Trinajstić information content (AvgIpc) is 2.56. The van der Waals surface area contributed by atoms with Gasteiger partial charge in [-0.15, -0.1) is 0 Å². The molecule has 0 aliphatic heterocycles. The van der Waals surface area contributed by atoms with Crippen molar-refractivity contribution in [1.29, 1.82) is 0 Å². The fourth-order valence-corrected chi connectivity index (χ4v) is 3.15. The molecule has 0 aliphatic carbocycles. The molecule has 1 nitrogen and oxygen atoms in total. The van der Waals surface area contributed by atoms with Gasteiger partial charge in [-0.1, -0.05) is 26.0 Å². The molecule has 3 rings (SSSR count). The Kier molecular flexibility index (Phi) is 4.42. The summed E-state index contributed by atoms with van der Waals surface area (Å²) in [5.41, 5.74) is 6.54. The first kappa shape index (κ1) is 15.7. The third-order valence-corrected chi connectivity index (χ3v) is 4.50. The largest absolute Gasteiger partial charge is 0.256 e. The second-order valence-electron chi connectivity index (χ2n) is 6.09. The van der Waals surface area contributed by atoms with Crippen LogP contribution in [0.4, 0.5) is 4.39 Å². The minimum atomic E-state index is -0.129. The second-order valence-corrected chi connectivity index (χ2v) is 6.09. The van der Waals surface area contributed by atoms with Crippen molar-refractivity contribution in [3.05, 3.63) is 76.2 Å². The molecule has 23 heavy (non-hydrogen) atoms. The van der Waals surface area contributed by atoms with Crippen LogP contribution < -0.4 is 0 Å². The molecule has 1 heterocycles. The number of hydrogen-bond donors (Lipinski definition) is 0. The first-order chi connectivity index (χ1) is 11.1. The summed E-state index contributed by atoms with van der Waals surface area (Å²) < 4.78 is 14.2. The highest BCUT2D eigenvalue weighted by atomic mass is 19.1. The van der Waals surface area contributed by atoms with Crippen molar-refractivity contribution in [3.8, 4) is 0 Å². The molecule has 0 amide bonds. The Labute approximate surface area is 137 Å². The summed E-state index contributed by atoms with van der Waals surface area (Å²) in [6, 6.07) is 11.9. The molecule has 3 aromatic rings. The molecule has 0 radical (unpaired) electrons. The van der Waals surface area contributed by atoms with Gasteiger partial charge in [0.25, 0.3) is 0 Å². The standard InChI is InChI=1S/C21H22FN/c1-4-15-12-19-17(8-9-23-21(19)13-16(15)5-2)11-18-7-6-14(3)10-20(18)22/h6-10,12-13H,4-5,11H2,1-3H3. The number of aromatic nitrogens is 1. The Morgan fingerprint density at radius 2 is 1.61 bits per heavy atom. The van der Waals surface area contributed by atoms with E-state index in [1.807, 2.05) is 31.3 Å². The minimum Gasteiger partial charge on any atom is -0.256 e. The van der Waals surface area contributed by atoms with Gasteiger partial charge in [-0.3, -0.25) is 4.98 Å². The lowest BCUT2D eigenvalue weighted by Crippen LogP contribution is -1.98. The van der Waals surface area contributed by atoms with Gasteiger partial charge in [0.05, 0.1) is 5.52 Å². The van der Waals surface area contributed by atoms with Gasteiger partial charge >= 0.3 is 0 Å². The Hall–Kier alpha value is -2.22. The van der Waals surface area contributed by atoms with Crippen LogP contribution in [-0.2, 0) is 19.3 Å². The number of pyridine rings is 1. The molecule has 0 unspecified atom stereocenters. The smallest absolute Gasteiger partial charge is 0.126 e. The van der Waals surface area contributed by atoms with Crippen LogP contribution in [-0.4, -0.2) is 4.98 Å². The molecule has 0 N–H and O–H groups in total. The normalized spacial score (nSPS) is 11.1. The van der Waals surface area contributed by atoms with Gasteiger partial charge < -0.3 is 0 Å². The molecular formula is C21H22FN. The number of fused-ring (bicyclic) bond motifs is 1. The SMILES string of the molecule is CCc1cc2nccc(Cc3ccc(C)cc3F)c2cc1CC. The van der Waals surface area contributed by atoms with Crippen LogP contribution in [0.3, 0.4) is 0 Å². The highest BCUT2D eigenvalue weighted by Crippen LogP contribution is 2.25. The molecule has 0 aliphatic rings. The first-order valence-corrected chi connectivity index (χ1v) is 8.26. The highest BCUT2D eigenvalue weighted by Gasteiger charge is 2.10. The summed E-state index contributed by atoms with van der Waals surface area (Å²) in [5, 5.41) is 1.14. The maximum Gasteiger partial charge on any atom is 0.126 e. The van der Waals surface area contributed by atoms with Crippen LogP contribution in [0, 0.1) is 12.7 Å². The predicted molar refractivity (Wildman–Crippen MR) is 94.4 cm³/mol. The number of aryl methyl sites for hydroxylation is 3. The maximum absolute atomic E-state index is 14.2. The van der Waals surface area contributed by atoms with E-state index in [1.54, 1.807) is 6.07 Å². The fraction of sp³-hybridized carbons (Fsp3) is 0.286. The van der Waals surface area contributed by atoms with E-state index in [-0.39, 0.29) is 5.82 Å². The molecule has 118 valence electrons. The van der Waals surface area contributed by atoms with E-state index in [0.717, 1.165) is 40.4 Å². The second kappa shape index (κ2) is 6.49. The molecule has 0 atom stereocenters. The van der Waals surface area contributed by atoms with Crippen LogP contribution in [0.1, 0.15) is 41.7 Å². The molecule has 0 saturated heterocycles. The Morgan fingerprint density at radius 1 is 0.870 bits per heavy atom. The number of nitrogens with zero attached hydrogens (tertiary/aromatic N) is 1. The average molecular weight is 307 g/mol. The van der Waals surface area contributed by atoms with Gasteiger partial charge in [0.15, 0.2) is 0 Å². The summed E-state index contributed by atoms with van der Waals surface area (Å²) in [4.78, 5) is 4.51. The van der Waals surface area contributed by atoms with E-state index in [2.05, 4.69) is 31.0 Å². The summed E-state index contributed by atoms with van der Waals surface area (Å²) in [6.45, 7) is 6.26. The number of benzene rings is 2. The molecule has 0 saturated carbocycles. The van der Waals surface area contributed by atoms with Gasteiger partial charge in [0.1, 0.15) is 5.82 Å². The number of hydrogen-bond acceptors (Lipinski definition) is 1. The maximum atomic E-state index is 14.2. The van der Waals surface area contributed by atoms with Gasteiger partial charge in [-0.25, -0.2) is 4.39 Å². The van der Waals surface area contributed by atoms with Crippen molar-refractivity contribution >= 4 is 10.9 Å². The lowest BCUT2D eigenvalue weighted by atomic mass is 9.95. The molecule has 0 bridgehead atoms. The highest BCUT2D eigenvalue weighted by molar-refractivity contribution is 5.84.